The molecule has 2 heterocycles. The third-order valence-electron chi connectivity index (χ3n) is 2.26. The fourth-order valence-corrected chi connectivity index (χ4v) is 1.99. The molecule has 0 saturated carbocycles. The number of amides is 2. The number of hydrogen-bond acceptors (Lipinski definition) is 7. The molecular formula is C11H11N5O4S. The summed E-state index contributed by atoms with van der Waals surface area (Å²) in [4.78, 5) is 40.6. The molecule has 110 valence electrons. The van der Waals surface area contributed by atoms with Crippen molar-refractivity contribution >= 4 is 35.1 Å². The van der Waals surface area contributed by atoms with E-state index in [0.29, 0.717) is 0 Å². The number of thioether (sulfide) groups is 1. The summed E-state index contributed by atoms with van der Waals surface area (Å²) in [5.74, 6) is -1.39. The second-order valence-electron chi connectivity index (χ2n) is 3.82. The highest BCUT2D eigenvalue weighted by Gasteiger charge is 2.15. The number of carbonyl (C=O) groups excluding carboxylic acids is 2. The van der Waals surface area contributed by atoms with Gasteiger partial charge in [0.1, 0.15) is 0 Å². The van der Waals surface area contributed by atoms with E-state index >= 15 is 0 Å². The van der Waals surface area contributed by atoms with E-state index in [0.717, 1.165) is 11.8 Å². The minimum absolute atomic E-state index is 0.0287. The van der Waals surface area contributed by atoms with E-state index in [9.17, 15) is 14.4 Å². The lowest BCUT2D eigenvalue weighted by Crippen LogP contribution is -2.23. The molecule has 0 spiro atoms. The quantitative estimate of drug-likeness (QED) is 0.439. The smallest absolute Gasteiger partial charge is 0.291 e. The lowest BCUT2D eigenvalue weighted by Gasteiger charge is -2.06. The van der Waals surface area contributed by atoms with Crippen LogP contribution >= 0.6 is 11.8 Å². The Morgan fingerprint density at radius 3 is 2.81 bits per heavy atom. The lowest BCUT2D eigenvalue weighted by molar-refractivity contribution is -0.115. The summed E-state index contributed by atoms with van der Waals surface area (Å²) in [6.45, 7) is 0. The van der Waals surface area contributed by atoms with Gasteiger partial charge in [-0.05, 0) is 12.1 Å². The zero-order valence-electron chi connectivity index (χ0n) is 10.6. The van der Waals surface area contributed by atoms with Gasteiger partial charge in [0, 0.05) is 0 Å². The minimum atomic E-state index is -0.644. The van der Waals surface area contributed by atoms with E-state index in [-0.39, 0.29) is 28.2 Å². The number of aromatic amines is 1. The van der Waals surface area contributed by atoms with E-state index in [1.807, 2.05) is 0 Å². The van der Waals surface area contributed by atoms with E-state index in [1.54, 1.807) is 0 Å². The molecule has 21 heavy (non-hydrogen) atoms. The largest absolute Gasteiger partial charge is 0.459 e. The summed E-state index contributed by atoms with van der Waals surface area (Å²) in [7, 11) is 0. The maximum absolute atomic E-state index is 11.9. The van der Waals surface area contributed by atoms with Gasteiger partial charge >= 0.3 is 0 Å². The molecule has 2 amide bonds. The Morgan fingerprint density at radius 1 is 1.48 bits per heavy atom. The molecule has 2 rings (SSSR count). The van der Waals surface area contributed by atoms with Crippen LogP contribution in [0.1, 0.15) is 10.6 Å². The number of rotatable bonds is 5. The number of nitrogens with one attached hydrogen (secondary N) is 2. The highest BCUT2D eigenvalue weighted by Crippen LogP contribution is 2.16. The summed E-state index contributed by atoms with van der Waals surface area (Å²) in [6, 6.07) is 2.97. The van der Waals surface area contributed by atoms with Crippen molar-refractivity contribution in [2.45, 2.75) is 5.16 Å². The number of H-pyrrole nitrogens is 1. The number of nitrogens with two attached hydrogens (primary N) is 2. The Kier molecular flexibility index (Phi) is 4.28. The van der Waals surface area contributed by atoms with Crippen LogP contribution in [0.15, 0.2) is 32.8 Å². The van der Waals surface area contributed by atoms with Crippen LogP contribution in [0.25, 0.3) is 0 Å². The molecule has 10 heteroatoms. The number of hydrogen-bond donors (Lipinski definition) is 4. The Labute approximate surface area is 122 Å². The second kappa shape index (κ2) is 6.13. The van der Waals surface area contributed by atoms with Crippen LogP contribution < -0.4 is 22.3 Å². The Hall–Kier alpha value is -2.75. The number of anilines is 2. The average Bonchev–Trinajstić information content (AvgIpc) is 2.94. The first-order valence-corrected chi connectivity index (χ1v) is 6.61. The molecule has 0 aliphatic heterocycles. The van der Waals surface area contributed by atoms with Crippen LogP contribution in [0.5, 0.6) is 0 Å². The van der Waals surface area contributed by atoms with Gasteiger partial charge in [-0.1, -0.05) is 11.8 Å². The molecule has 0 aliphatic carbocycles. The molecule has 2 aromatic rings. The van der Waals surface area contributed by atoms with Crippen molar-refractivity contribution in [3.05, 3.63) is 34.5 Å². The Balaban J connectivity index is 2.19. The molecule has 0 bridgehead atoms. The molecule has 0 unspecified atom stereocenters. The van der Waals surface area contributed by atoms with E-state index in [4.69, 9.17) is 15.9 Å². The molecular weight excluding hydrogens is 298 g/mol. The number of aromatic nitrogens is 2. The molecule has 9 nitrogen and oxygen atoms in total. The third-order valence-corrected chi connectivity index (χ3v) is 3.16. The number of furan rings is 1. The SMILES string of the molecule is NC(=O)CSc1nc(N)c(NC(=O)c2ccco2)c(=O)[nH]1. The van der Waals surface area contributed by atoms with Gasteiger partial charge in [-0.2, -0.15) is 0 Å². The van der Waals surface area contributed by atoms with Crippen LogP contribution in [0, 0.1) is 0 Å². The number of carbonyl (C=O) groups is 2. The molecule has 0 aromatic carbocycles. The average molecular weight is 309 g/mol. The summed E-state index contributed by atoms with van der Waals surface area (Å²) in [6.07, 6.45) is 1.32. The lowest BCUT2D eigenvalue weighted by atomic mass is 10.4. The maximum atomic E-state index is 11.9. The van der Waals surface area contributed by atoms with Crippen LogP contribution in [0.2, 0.25) is 0 Å². The van der Waals surface area contributed by atoms with Gasteiger partial charge in [-0.25, -0.2) is 4.98 Å². The van der Waals surface area contributed by atoms with Crippen molar-refractivity contribution in [2.75, 3.05) is 16.8 Å². The number of nitrogen functional groups attached to an aromatic ring is 1. The second-order valence-corrected chi connectivity index (χ2v) is 4.78. The van der Waals surface area contributed by atoms with E-state index < -0.39 is 17.4 Å². The van der Waals surface area contributed by atoms with Crippen molar-refractivity contribution in [3.8, 4) is 0 Å². The standard InChI is InChI=1S/C11H11N5O4S/c12-6(17)4-21-11-15-8(13)7(10(19)16-11)14-9(18)5-2-1-3-20-5/h1-3H,4H2,(H2,12,17)(H,14,18)(H3,13,15,16,19). The molecule has 2 aromatic heterocycles. The minimum Gasteiger partial charge on any atom is -0.459 e. The topological polar surface area (TPSA) is 157 Å². The Morgan fingerprint density at radius 2 is 2.24 bits per heavy atom. The monoisotopic (exact) mass is 309 g/mol. The normalized spacial score (nSPS) is 10.3. The van der Waals surface area contributed by atoms with E-state index in [1.165, 1.54) is 18.4 Å². The van der Waals surface area contributed by atoms with Crippen LogP contribution in [0.3, 0.4) is 0 Å². The van der Waals surface area contributed by atoms with Crippen molar-refractivity contribution in [3.63, 3.8) is 0 Å². The zero-order valence-corrected chi connectivity index (χ0v) is 11.4. The number of nitrogens with zero attached hydrogens (tertiary/aromatic N) is 1. The van der Waals surface area contributed by atoms with Crippen molar-refractivity contribution in [1.29, 1.82) is 0 Å². The van der Waals surface area contributed by atoms with Crippen molar-refractivity contribution < 1.29 is 14.0 Å². The van der Waals surface area contributed by atoms with Crippen molar-refractivity contribution in [1.82, 2.24) is 9.97 Å². The predicted molar refractivity (Wildman–Crippen MR) is 75.8 cm³/mol. The summed E-state index contributed by atoms with van der Waals surface area (Å²) in [5.41, 5.74) is 9.77. The molecule has 0 radical (unpaired) electrons. The Bertz CT molecular complexity index is 725. The van der Waals surface area contributed by atoms with Crippen LogP contribution in [-0.4, -0.2) is 27.5 Å². The fraction of sp³-hybridized carbons (Fsp3) is 0.0909. The molecule has 0 aliphatic rings. The molecule has 0 fully saturated rings. The highest BCUT2D eigenvalue weighted by molar-refractivity contribution is 7.99. The fourth-order valence-electron chi connectivity index (χ4n) is 1.38. The van der Waals surface area contributed by atoms with Crippen LogP contribution in [-0.2, 0) is 4.79 Å². The number of primary amides is 1. The predicted octanol–water partition coefficient (Wildman–Crippen LogP) is -0.225. The van der Waals surface area contributed by atoms with E-state index in [2.05, 4.69) is 15.3 Å². The molecule has 6 N–H and O–H groups in total. The van der Waals surface area contributed by atoms with Gasteiger partial charge in [0.05, 0.1) is 12.0 Å². The first-order valence-electron chi connectivity index (χ1n) is 5.63. The van der Waals surface area contributed by atoms with Gasteiger partial charge < -0.3 is 21.2 Å². The van der Waals surface area contributed by atoms with Gasteiger partial charge in [0.15, 0.2) is 22.4 Å². The summed E-state index contributed by atoms with van der Waals surface area (Å²) in [5, 5.41) is 2.44. The molecule has 0 saturated heterocycles. The van der Waals surface area contributed by atoms with Gasteiger partial charge in [-0.15, -0.1) is 0 Å². The molecule has 0 atom stereocenters. The van der Waals surface area contributed by atoms with Crippen molar-refractivity contribution in [2.24, 2.45) is 5.73 Å². The van der Waals surface area contributed by atoms with Crippen LogP contribution in [0.4, 0.5) is 11.5 Å². The maximum Gasteiger partial charge on any atom is 0.291 e. The first kappa shape index (κ1) is 14.7. The van der Waals surface area contributed by atoms with Gasteiger partial charge in [-0.3, -0.25) is 19.4 Å². The highest BCUT2D eigenvalue weighted by atomic mass is 32.2. The van der Waals surface area contributed by atoms with Gasteiger partial charge in [0.25, 0.3) is 11.5 Å². The summed E-state index contributed by atoms with van der Waals surface area (Å²) < 4.78 is 4.89. The third kappa shape index (κ3) is 3.63. The van der Waals surface area contributed by atoms with Gasteiger partial charge in [0.2, 0.25) is 5.91 Å². The zero-order chi connectivity index (χ0) is 15.4. The first-order chi connectivity index (χ1) is 9.97. The summed E-state index contributed by atoms with van der Waals surface area (Å²) >= 11 is 0.930.